The lowest BCUT2D eigenvalue weighted by Crippen LogP contribution is -2.44. The van der Waals surface area contributed by atoms with Crippen molar-refractivity contribution in [1.82, 2.24) is 20.5 Å². The number of aryl methyl sites for hydroxylation is 1. The molecule has 1 aromatic rings. The maximum Gasteiger partial charge on any atom is 0.410 e. The van der Waals surface area contributed by atoms with Gasteiger partial charge >= 0.3 is 6.09 Å². The monoisotopic (exact) mass is 511 g/mol. The second-order valence-electron chi connectivity index (χ2n) is 6.81. The van der Waals surface area contributed by atoms with Gasteiger partial charge in [0.2, 0.25) is 0 Å². The Morgan fingerprint density at radius 3 is 2.48 bits per heavy atom. The molecule has 0 fully saturated rings. The Morgan fingerprint density at radius 2 is 1.96 bits per heavy atom. The third-order valence-corrected chi connectivity index (χ3v) is 4.71. The molecule has 0 bridgehead atoms. The van der Waals surface area contributed by atoms with Gasteiger partial charge in [0, 0.05) is 50.7 Å². The fraction of sp³-hybridized carbons (Fsp3) is 0.722. The van der Waals surface area contributed by atoms with Crippen molar-refractivity contribution in [3.05, 3.63) is 16.1 Å². The summed E-state index contributed by atoms with van der Waals surface area (Å²) in [4.78, 5) is 23.7. The molecule has 1 heterocycles. The minimum Gasteiger partial charge on any atom is -0.444 e. The van der Waals surface area contributed by atoms with E-state index in [0.29, 0.717) is 19.6 Å². The number of carbonyl (C=O) groups is 1. The van der Waals surface area contributed by atoms with Crippen LogP contribution in [0, 0.1) is 0 Å². The van der Waals surface area contributed by atoms with E-state index in [-0.39, 0.29) is 30.1 Å². The van der Waals surface area contributed by atoms with Gasteiger partial charge in [0.15, 0.2) is 5.96 Å². The smallest absolute Gasteiger partial charge is 0.410 e. The van der Waals surface area contributed by atoms with Gasteiger partial charge in [-0.1, -0.05) is 6.92 Å². The first-order valence-corrected chi connectivity index (χ1v) is 9.96. The van der Waals surface area contributed by atoms with Crippen molar-refractivity contribution in [2.24, 2.45) is 4.99 Å². The van der Waals surface area contributed by atoms with Gasteiger partial charge in [0.05, 0.1) is 5.01 Å². The molecular formula is C18H34IN5O2S. The molecule has 27 heavy (non-hydrogen) atoms. The van der Waals surface area contributed by atoms with Crippen LogP contribution in [-0.2, 0) is 17.6 Å². The summed E-state index contributed by atoms with van der Waals surface area (Å²) < 4.78 is 5.41. The van der Waals surface area contributed by atoms with Crippen LogP contribution in [0.1, 0.15) is 44.5 Å². The maximum absolute atomic E-state index is 12.1. The molecule has 2 N–H and O–H groups in total. The SMILES string of the molecule is CCc1cnc(CCNC(=NC)NCCN(CC)C(=O)OC(C)(C)C)s1.I. The van der Waals surface area contributed by atoms with Gasteiger partial charge in [-0.25, -0.2) is 9.78 Å². The highest BCUT2D eigenvalue weighted by Crippen LogP contribution is 2.13. The molecule has 0 radical (unpaired) electrons. The molecule has 0 unspecified atom stereocenters. The van der Waals surface area contributed by atoms with E-state index in [0.717, 1.165) is 30.4 Å². The number of aliphatic imine (C=N–C) groups is 1. The molecule has 9 heteroatoms. The second-order valence-corrected chi connectivity index (χ2v) is 8.01. The summed E-state index contributed by atoms with van der Waals surface area (Å²) in [7, 11) is 1.74. The van der Waals surface area contributed by atoms with Crippen LogP contribution >= 0.6 is 35.3 Å². The number of likely N-dealkylation sites (N-methyl/N-ethyl adjacent to an activating group) is 1. The van der Waals surface area contributed by atoms with Gasteiger partial charge in [-0.05, 0) is 34.1 Å². The average Bonchev–Trinajstić information content (AvgIpc) is 3.03. The first-order chi connectivity index (χ1) is 12.3. The number of halogens is 1. The first-order valence-electron chi connectivity index (χ1n) is 9.15. The molecular weight excluding hydrogens is 477 g/mol. The van der Waals surface area contributed by atoms with Crippen LogP contribution < -0.4 is 10.6 Å². The number of hydrogen-bond donors (Lipinski definition) is 2. The second kappa shape index (κ2) is 13.1. The van der Waals surface area contributed by atoms with Crippen molar-refractivity contribution >= 4 is 47.4 Å². The molecule has 0 saturated carbocycles. The van der Waals surface area contributed by atoms with E-state index in [2.05, 4.69) is 27.5 Å². The standard InChI is InChI=1S/C18H33N5O2S.HI/c1-7-14-13-22-15(26-14)9-10-20-16(19-6)21-11-12-23(8-2)17(24)25-18(3,4)5;/h13H,7-12H2,1-6H3,(H2,19,20,21);1H. The molecule has 1 rings (SSSR count). The number of nitrogens with one attached hydrogen (secondary N) is 2. The Labute approximate surface area is 184 Å². The van der Waals surface area contributed by atoms with Crippen LogP contribution in [-0.4, -0.2) is 60.8 Å². The fourth-order valence-corrected chi connectivity index (χ4v) is 3.01. The minimum absolute atomic E-state index is 0. The molecule has 156 valence electrons. The lowest BCUT2D eigenvalue weighted by atomic mass is 10.2. The number of guanidine groups is 1. The predicted octanol–water partition coefficient (Wildman–Crippen LogP) is 3.29. The molecule has 1 aromatic heterocycles. The Bertz CT molecular complexity index is 587. The van der Waals surface area contributed by atoms with Crippen LogP contribution in [0.25, 0.3) is 0 Å². The third-order valence-electron chi connectivity index (χ3n) is 3.51. The third kappa shape index (κ3) is 10.7. The van der Waals surface area contributed by atoms with Crippen molar-refractivity contribution in [2.75, 3.05) is 33.2 Å². The van der Waals surface area contributed by atoms with Gasteiger partial charge in [-0.2, -0.15) is 0 Å². The summed E-state index contributed by atoms with van der Waals surface area (Å²) in [6.07, 6.45) is 3.55. The number of amides is 1. The predicted molar refractivity (Wildman–Crippen MR) is 123 cm³/mol. The van der Waals surface area contributed by atoms with E-state index in [1.54, 1.807) is 23.3 Å². The molecule has 0 atom stereocenters. The largest absolute Gasteiger partial charge is 0.444 e. The summed E-state index contributed by atoms with van der Waals surface area (Å²) in [6.45, 7) is 12.2. The summed E-state index contributed by atoms with van der Waals surface area (Å²) in [5, 5.41) is 7.63. The minimum atomic E-state index is -0.483. The molecule has 0 saturated heterocycles. The fourth-order valence-electron chi connectivity index (χ4n) is 2.15. The highest BCUT2D eigenvalue weighted by Gasteiger charge is 2.20. The van der Waals surface area contributed by atoms with Gasteiger partial charge in [-0.3, -0.25) is 4.99 Å². The Hall–Kier alpha value is -1.10. The van der Waals surface area contributed by atoms with Gasteiger partial charge in [-0.15, -0.1) is 35.3 Å². The zero-order chi connectivity index (χ0) is 19.6. The number of thiazole rings is 1. The molecule has 7 nitrogen and oxygen atoms in total. The number of rotatable bonds is 8. The van der Waals surface area contributed by atoms with Crippen molar-refractivity contribution in [3.8, 4) is 0 Å². The lowest BCUT2D eigenvalue weighted by molar-refractivity contribution is 0.0264. The van der Waals surface area contributed by atoms with E-state index in [1.807, 2.05) is 33.9 Å². The van der Waals surface area contributed by atoms with Crippen LogP contribution in [0.2, 0.25) is 0 Å². The number of aromatic nitrogens is 1. The Kier molecular flexibility index (Phi) is 12.6. The van der Waals surface area contributed by atoms with Gasteiger partial charge in [0.1, 0.15) is 5.60 Å². The zero-order valence-electron chi connectivity index (χ0n) is 17.3. The van der Waals surface area contributed by atoms with Crippen molar-refractivity contribution in [3.63, 3.8) is 0 Å². The van der Waals surface area contributed by atoms with Crippen molar-refractivity contribution in [1.29, 1.82) is 0 Å². The lowest BCUT2D eigenvalue weighted by Gasteiger charge is -2.26. The van der Waals surface area contributed by atoms with E-state index in [1.165, 1.54) is 4.88 Å². The van der Waals surface area contributed by atoms with Gasteiger partial charge in [0.25, 0.3) is 0 Å². The zero-order valence-corrected chi connectivity index (χ0v) is 20.4. The van der Waals surface area contributed by atoms with E-state index < -0.39 is 5.60 Å². The van der Waals surface area contributed by atoms with Crippen LogP contribution in [0.15, 0.2) is 11.2 Å². The quantitative estimate of drug-likeness (QED) is 0.318. The Balaban J connectivity index is 0.00000676. The molecule has 0 aromatic carbocycles. The van der Waals surface area contributed by atoms with Crippen molar-refractivity contribution < 1.29 is 9.53 Å². The Morgan fingerprint density at radius 1 is 1.30 bits per heavy atom. The van der Waals surface area contributed by atoms with E-state index >= 15 is 0 Å². The summed E-state index contributed by atoms with van der Waals surface area (Å²) in [5.41, 5.74) is -0.483. The van der Waals surface area contributed by atoms with Crippen LogP contribution in [0.3, 0.4) is 0 Å². The molecule has 0 spiro atoms. The maximum atomic E-state index is 12.1. The number of ether oxygens (including phenoxy) is 1. The highest BCUT2D eigenvalue weighted by molar-refractivity contribution is 14.0. The average molecular weight is 511 g/mol. The topological polar surface area (TPSA) is 78.9 Å². The number of nitrogens with zero attached hydrogens (tertiary/aromatic N) is 3. The summed E-state index contributed by atoms with van der Waals surface area (Å²) >= 11 is 1.76. The highest BCUT2D eigenvalue weighted by atomic mass is 127. The van der Waals surface area contributed by atoms with Crippen LogP contribution in [0.5, 0.6) is 0 Å². The van der Waals surface area contributed by atoms with E-state index in [9.17, 15) is 4.79 Å². The number of carbonyl (C=O) groups excluding carboxylic acids is 1. The first kappa shape index (κ1) is 25.9. The molecule has 0 aliphatic heterocycles. The summed E-state index contributed by atoms with van der Waals surface area (Å²) in [6, 6.07) is 0. The normalized spacial score (nSPS) is 11.6. The van der Waals surface area contributed by atoms with Gasteiger partial charge < -0.3 is 20.3 Å². The molecule has 0 aliphatic carbocycles. The molecule has 1 amide bonds. The van der Waals surface area contributed by atoms with E-state index in [4.69, 9.17) is 4.74 Å². The van der Waals surface area contributed by atoms with Crippen LogP contribution in [0.4, 0.5) is 4.79 Å². The molecule has 0 aliphatic rings. The summed E-state index contributed by atoms with van der Waals surface area (Å²) in [5.74, 6) is 0.720. The number of hydrogen-bond acceptors (Lipinski definition) is 5. The van der Waals surface area contributed by atoms with Crippen molar-refractivity contribution in [2.45, 2.75) is 53.1 Å².